The first-order chi connectivity index (χ1) is 7.90. The number of hydrogen-bond donors (Lipinski definition) is 1. The van der Waals surface area contributed by atoms with Gasteiger partial charge in [-0.1, -0.05) is 40.5 Å². The van der Waals surface area contributed by atoms with E-state index >= 15 is 0 Å². The van der Waals surface area contributed by atoms with Gasteiger partial charge in [0.15, 0.2) is 0 Å². The Kier molecular flexibility index (Phi) is 5.30. The van der Waals surface area contributed by atoms with E-state index in [4.69, 9.17) is 11.6 Å². The molecule has 1 aliphatic carbocycles. The van der Waals surface area contributed by atoms with E-state index in [1.807, 2.05) is 6.92 Å². The number of carbonyl (C=O) groups excluding carboxylic acids is 1. The van der Waals surface area contributed by atoms with Crippen LogP contribution in [0.4, 0.5) is 0 Å². The first-order valence-electron chi connectivity index (χ1n) is 6.78. The molecule has 0 aromatic rings. The average Bonchev–Trinajstić information content (AvgIpc) is 2.27. The summed E-state index contributed by atoms with van der Waals surface area (Å²) in [6, 6.07) is 0. The molecule has 0 bridgehead atoms. The monoisotopic (exact) mass is 259 g/mol. The van der Waals surface area contributed by atoms with Gasteiger partial charge in [0, 0.05) is 11.8 Å². The summed E-state index contributed by atoms with van der Waals surface area (Å²) < 4.78 is 0. The SMILES string of the molecule is CC1CCCC(CCl)(NC(=O)C(C)C(C)C)C1. The lowest BCUT2D eigenvalue weighted by Gasteiger charge is -2.40. The maximum Gasteiger partial charge on any atom is 0.223 e. The van der Waals surface area contributed by atoms with Crippen molar-refractivity contribution in [3.05, 3.63) is 0 Å². The zero-order chi connectivity index (χ0) is 13.1. The normalized spacial score (nSPS) is 31.3. The van der Waals surface area contributed by atoms with E-state index in [1.165, 1.54) is 12.8 Å². The number of amides is 1. The Hall–Kier alpha value is -0.240. The molecular formula is C14H26ClNO. The van der Waals surface area contributed by atoms with Gasteiger partial charge in [0.1, 0.15) is 0 Å². The van der Waals surface area contributed by atoms with Gasteiger partial charge in [-0.2, -0.15) is 0 Å². The maximum atomic E-state index is 12.2. The van der Waals surface area contributed by atoms with Gasteiger partial charge in [-0.05, 0) is 24.7 Å². The van der Waals surface area contributed by atoms with Crippen LogP contribution >= 0.6 is 11.6 Å². The number of carbonyl (C=O) groups is 1. The Morgan fingerprint density at radius 1 is 1.47 bits per heavy atom. The topological polar surface area (TPSA) is 29.1 Å². The average molecular weight is 260 g/mol. The summed E-state index contributed by atoms with van der Waals surface area (Å²) in [5, 5.41) is 3.22. The van der Waals surface area contributed by atoms with Gasteiger partial charge in [-0.15, -0.1) is 11.6 Å². The lowest BCUT2D eigenvalue weighted by atomic mass is 9.77. The highest BCUT2D eigenvalue weighted by Crippen LogP contribution is 2.33. The van der Waals surface area contributed by atoms with Gasteiger partial charge in [-0.25, -0.2) is 0 Å². The molecule has 0 aliphatic heterocycles. The number of alkyl halides is 1. The molecule has 0 saturated heterocycles. The lowest BCUT2D eigenvalue weighted by Crippen LogP contribution is -2.54. The molecule has 100 valence electrons. The number of rotatable bonds is 4. The summed E-state index contributed by atoms with van der Waals surface area (Å²) in [5.74, 6) is 1.80. The van der Waals surface area contributed by atoms with Crippen molar-refractivity contribution in [3.63, 3.8) is 0 Å². The van der Waals surface area contributed by atoms with E-state index in [0.29, 0.717) is 17.7 Å². The number of halogens is 1. The number of hydrogen-bond acceptors (Lipinski definition) is 1. The molecule has 0 radical (unpaired) electrons. The van der Waals surface area contributed by atoms with Gasteiger partial charge >= 0.3 is 0 Å². The van der Waals surface area contributed by atoms with E-state index in [1.54, 1.807) is 0 Å². The summed E-state index contributed by atoms with van der Waals surface area (Å²) in [7, 11) is 0. The van der Waals surface area contributed by atoms with Crippen LogP contribution in [0.3, 0.4) is 0 Å². The zero-order valence-electron chi connectivity index (χ0n) is 11.6. The van der Waals surface area contributed by atoms with Crippen LogP contribution in [0.15, 0.2) is 0 Å². The van der Waals surface area contributed by atoms with Crippen molar-refractivity contribution in [3.8, 4) is 0 Å². The van der Waals surface area contributed by atoms with Crippen molar-refractivity contribution in [1.82, 2.24) is 5.32 Å². The van der Waals surface area contributed by atoms with Gasteiger partial charge < -0.3 is 5.32 Å². The summed E-state index contributed by atoms with van der Waals surface area (Å²) in [5.41, 5.74) is -0.153. The van der Waals surface area contributed by atoms with E-state index in [9.17, 15) is 4.79 Å². The Balaban J connectivity index is 2.65. The van der Waals surface area contributed by atoms with Crippen LogP contribution in [0.1, 0.15) is 53.4 Å². The van der Waals surface area contributed by atoms with Gasteiger partial charge in [0.2, 0.25) is 5.91 Å². The molecule has 0 spiro atoms. The third-order valence-electron chi connectivity index (χ3n) is 4.15. The third kappa shape index (κ3) is 3.87. The lowest BCUT2D eigenvalue weighted by molar-refractivity contribution is -0.128. The molecule has 0 aromatic carbocycles. The van der Waals surface area contributed by atoms with Crippen molar-refractivity contribution in [2.75, 3.05) is 5.88 Å². The predicted octanol–water partition coefficient (Wildman–Crippen LogP) is 3.58. The Labute approximate surface area is 110 Å². The standard InChI is InChI=1S/C14H26ClNO/c1-10(2)12(4)13(17)16-14(9-15)7-5-6-11(3)8-14/h10-12H,5-9H2,1-4H3,(H,16,17). The summed E-state index contributed by atoms with van der Waals surface area (Å²) >= 11 is 6.12. The van der Waals surface area contributed by atoms with Crippen LogP contribution in [0.25, 0.3) is 0 Å². The fourth-order valence-electron chi connectivity index (χ4n) is 2.61. The first-order valence-corrected chi connectivity index (χ1v) is 7.31. The van der Waals surface area contributed by atoms with Crippen LogP contribution in [0.5, 0.6) is 0 Å². The Bertz CT molecular complexity index is 267. The van der Waals surface area contributed by atoms with E-state index in [-0.39, 0.29) is 17.4 Å². The Morgan fingerprint density at radius 2 is 2.12 bits per heavy atom. The molecule has 1 fully saturated rings. The highest BCUT2D eigenvalue weighted by atomic mass is 35.5. The second kappa shape index (κ2) is 6.08. The summed E-state index contributed by atoms with van der Waals surface area (Å²) in [6.07, 6.45) is 4.48. The minimum absolute atomic E-state index is 0.0623. The number of nitrogens with one attached hydrogen (secondary N) is 1. The second-order valence-electron chi connectivity index (χ2n) is 6.14. The van der Waals surface area contributed by atoms with Crippen molar-refractivity contribution < 1.29 is 4.79 Å². The molecule has 0 heterocycles. The highest BCUT2D eigenvalue weighted by molar-refractivity contribution is 6.18. The molecule has 3 heteroatoms. The van der Waals surface area contributed by atoms with E-state index < -0.39 is 0 Å². The largest absolute Gasteiger partial charge is 0.349 e. The minimum Gasteiger partial charge on any atom is -0.349 e. The van der Waals surface area contributed by atoms with Crippen LogP contribution in [0.2, 0.25) is 0 Å². The van der Waals surface area contributed by atoms with Crippen LogP contribution in [0, 0.1) is 17.8 Å². The summed E-state index contributed by atoms with van der Waals surface area (Å²) in [4.78, 5) is 12.2. The molecule has 1 saturated carbocycles. The smallest absolute Gasteiger partial charge is 0.223 e. The van der Waals surface area contributed by atoms with Crippen LogP contribution < -0.4 is 5.32 Å². The maximum absolute atomic E-state index is 12.2. The molecule has 1 amide bonds. The van der Waals surface area contributed by atoms with Crippen molar-refractivity contribution >= 4 is 17.5 Å². The molecule has 1 rings (SSSR count). The molecule has 0 aromatic heterocycles. The third-order valence-corrected chi connectivity index (χ3v) is 4.66. The van der Waals surface area contributed by atoms with Gasteiger partial charge in [-0.3, -0.25) is 4.79 Å². The predicted molar refractivity (Wildman–Crippen MR) is 73.2 cm³/mol. The quantitative estimate of drug-likeness (QED) is 0.769. The molecule has 1 aliphatic rings. The van der Waals surface area contributed by atoms with Crippen LogP contribution in [-0.4, -0.2) is 17.3 Å². The van der Waals surface area contributed by atoms with E-state index in [2.05, 4.69) is 26.1 Å². The van der Waals surface area contributed by atoms with Gasteiger partial charge in [0.05, 0.1) is 5.54 Å². The van der Waals surface area contributed by atoms with Crippen molar-refractivity contribution in [2.24, 2.45) is 17.8 Å². The summed E-state index contributed by atoms with van der Waals surface area (Å²) in [6.45, 7) is 8.41. The molecule has 1 N–H and O–H groups in total. The molecule has 3 unspecified atom stereocenters. The molecule has 2 nitrogen and oxygen atoms in total. The second-order valence-corrected chi connectivity index (χ2v) is 6.40. The highest BCUT2D eigenvalue weighted by Gasteiger charge is 2.36. The van der Waals surface area contributed by atoms with Crippen molar-refractivity contribution in [1.29, 1.82) is 0 Å². The fraction of sp³-hybridized carbons (Fsp3) is 0.929. The van der Waals surface area contributed by atoms with E-state index in [0.717, 1.165) is 12.8 Å². The van der Waals surface area contributed by atoms with Gasteiger partial charge in [0.25, 0.3) is 0 Å². The zero-order valence-corrected chi connectivity index (χ0v) is 12.3. The molecule has 17 heavy (non-hydrogen) atoms. The van der Waals surface area contributed by atoms with Crippen molar-refractivity contribution in [2.45, 2.75) is 58.9 Å². The molecule has 3 atom stereocenters. The Morgan fingerprint density at radius 3 is 2.59 bits per heavy atom. The fourth-order valence-corrected chi connectivity index (χ4v) is 2.92. The van der Waals surface area contributed by atoms with Crippen LogP contribution in [-0.2, 0) is 4.79 Å². The first kappa shape index (κ1) is 14.8. The minimum atomic E-state index is -0.153. The molecular weight excluding hydrogens is 234 g/mol.